The summed E-state index contributed by atoms with van der Waals surface area (Å²) in [5.41, 5.74) is 7.89. The largest absolute Gasteiger partial charge is 0.468 e. The number of methoxy groups -OCH3 is 1. The van der Waals surface area contributed by atoms with Crippen LogP contribution in [0.2, 0.25) is 0 Å². The average Bonchev–Trinajstić information content (AvgIpc) is 2.28. The number of thioether (sulfide) groups is 1. The number of carbonyl (C=O) groups excluding carboxylic acids is 1. The Labute approximate surface area is 99.6 Å². The summed E-state index contributed by atoms with van der Waals surface area (Å²) in [6.45, 7) is 2.00. The van der Waals surface area contributed by atoms with Crippen LogP contribution in [0.4, 0.5) is 0 Å². The van der Waals surface area contributed by atoms with Gasteiger partial charge in [0.25, 0.3) is 0 Å². The molecule has 0 aliphatic heterocycles. The van der Waals surface area contributed by atoms with Gasteiger partial charge in [-0.3, -0.25) is 9.78 Å². The third kappa shape index (κ3) is 4.20. The van der Waals surface area contributed by atoms with Gasteiger partial charge in [0.05, 0.1) is 7.11 Å². The van der Waals surface area contributed by atoms with Gasteiger partial charge < -0.3 is 10.5 Å². The number of hydrogen-bond donors (Lipinski definition) is 1. The summed E-state index contributed by atoms with van der Waals surface area (Å²) in [4.78, 5) is 15.1. The quantitative estimate of drug-likeness (QED) is 0.781. The van der Waals surface area contributed by atoms with Gasteiger partial charge in [0, 0.05) is 23.9 Å². The number of esters is 1. The predicted octanol–water partition coefficient (Wildman–Crippen LogP) is 1.12. The van der Waals surface area contributed by atoms with Crippen LogP contribution in [-0.4, -0.2) is 29.9 Å². The van der Waals surface area contributed by atoms with E-state index in [-0.39, 0.29) is 5.97 Å². The monoisotopic (exact) mass is 240 g/mol. The Morgan fingerprint density at radius 2 is 2.38 bits per heavy atom. The summed E-state index contributed by atoms with van der Waals surface area (Å²) >= 11 is 1.60. The Balaban J connectivity index is 2.33. The van der Waals surface area contributed by atoms with Gasteiger partial charge in [-0.05, 0) is 18.1 Å². The molecule has 0 saturated carbocycles. The number of nitrogens with two attached hydrogens (primary N) is 1. The van der Waals surface area contributed by atoms with Gasteiger partial charge in [-0.25, -0.2) is 0 Å². The van der Waals surface area contributed by atoms with Crippen molar-refractivity contribution in [2.45, 2.75) is 18.7 Å². The zero-order valence-corrected chi connectivity index (χ0v) is 10.3. The van der Waals surface area contributed by atoms with Crippen LogP contribution in [0.1, 0.15) is 11.1 Å². The van der Waals surface area contributed by atoms with E-state index in [0.29, 0.717) is 5.75 Å². The second-order valence-corrected chi connectivity index (χ2v) is 4.55. The molecule has 1 atom stereocenters. The molecule has 1 unspecified atom stereocenters. The van der Waals surface area contributed by atoms with Crippen molar-refractivity contribution in [2.75, 3.05) is 12.9 Å². The van der Waals surface area contributed by atoms with Crippen LogP contribution in [0, 0.1) is 6.92 Å². The highest BCUT2D eigenvalue weighted by Gasteiger charge is 2.12. The maximum absolute atomic E-state index is 11.0. The van der Waals surface area contributed by atoms with Crippen LogP contribution >= 0.6 is 11.8 Å². The number of aryl methyl sites for hydroxylation is 1. The lowest BCUT2D eigenvalue weighted by molar-refractivity contribution is -0.141. The van der Waals surface area contributed by atoms with Crippen LogP contribution in [-0.2, 0) is 15.3 Å². The molecule has 1 aromatic heterocycles. The second-order valence-electron chi connectivity index (χ2n) is 3.52. The number of rotatable bonds is 5. The Hall–Kier alpha value is -1.07. The molecule has 0 saturated heterocycles. The maximum atomic E-state index is 11.0. The zero-order valence-electron chi connectivity index (χ0n) is 9.47. The van der Waals surface area contributed by atoms with Gasteiger partial charge >= 0.3 is 5.97 Å². The highest BCUT2D eigenvalue weighted by atomic mass is 32.2. The van der Waals surface area contributed by atoms with Gasteiger partial charge in [0.1, 0.15) is 6.04 Å². The summed E-state index contributed by atoms with van der Waals surface area (Å²) in [5.74, 6) is 0.995. The third-order valence-corrected chi connectivity index (χ3v) is 3.13. The Kier molecular flexibility index (Phi) is 5.28. The summed E-state index contributed by atoms with van der Waals surface area (Å²) < 4.78 is 4.54. The smallest absolute Gasteiger partial charge is 0.323 e. The zero-order chi connectivity index (χ0) is 12.0. The van der Waals surface area contributed by atoms with Crippen LogP contribution in [0.3, 0.4) is 0 Å². The summed E-state index contributed by atoms with van der Waals surface area (Å²) in [7, 11) is 1.34. The van der Waals surface area contributed by atoms with E-state index in [1.54, 1.807) is 11.8 Å². The molecule has 1 aromatic rings. The molecule has 0 bridgehead atoms. The van der Waals surface area contributed by atoms with Gasteiger partial charge in [0.2, 0.25) is 0 Å². The number of nitrogens with zero attached hydrogens (tertiary/aromatic N) is 1. The Bertz CT molecular complexity index is 358. The van der Waals surface area contributed by atoms with Crippen LogP contribution in [0.15, 0.2) is 18.5 Å². The van der Waals surface area contributed by atoms with E-state index in [4.69, 9.17) is 5.73 Å². The first kappa shape index (κ1) is 13.0. The molecule has 0 fully saturated rings. The van der Waals surface area contributed by atoms with Gasteiger partial charge in [-0.15, -0.1) is 0 Å². The summed E-state index contributed by atoms with van der Waals surface area (Å²) in [6.07, 6.45) is 3.64. The SMILES string of the molecule is COC(=O)C(N)CSCc1cncc(C)c1. The van der Waals surface area contributed by atoms with Crippen LogP contribution in [0.25, 0.3) is 0 Å². The first-order valence-electron chi connectivity index (χ1n) is 4.95. The van der Waals surface area contributed by atoms with E-state index in [1.165, 1.54) is 7.11 Å². The van der Waals surface area contributed by atoms with Crippen LogP contribution < -0.4 is 5.73 Å². The molecule has 5 heteroatoms. The Morgan fingerprint density at radius 1 is 1.62 bits per heavy atom. The van der Waals surface area contributed by atoms with Crippen molar-refractivity contribution in [1.29, 1.82) is 0 Å². The molecule has 0 radical (unpaired) electrons. The molecule has 1 heterocycles. The molecule has 0 aromatic carbocycles. The molecular formula is C11H16N2O2S. The third-order valence-electron chi connectivity index (χ3n) is 2.00. The number of pyridine rings is 1. The lowest BCUT2D eigenvalue weighted by atomic mass is 10.2. The standard InChI is InChI=1S/C11H16N2O2S/c1-8-3-9(5-13-4-8)6-16-7-10(12)11(14)15-2/h3-5,10H,6-7,12H2,1-2H3. The fourth-order valence-corrected chi connectivity index (χ4v) is 2.12. The number of carbonyl (C=O) groups is 1. The number of hydrogen-bond acceptors (Lipinski definition) is 5. The minimum Gasteiger partial charge on any atom is -0.468 e. The van der Waals surface area contributed by atoms with E-state index < -0.39 is 6.04 Å². The van der Waals surface area contributed by atoms with Gasteiger partial charge in [-0.1, -0.05) is 6.07 Å². The molecule has 88 valence electrons. The van der Waals surface area contributed by atoms with E-state index >= 15 is 0 Å². The van der Waals surface area contributed by atoms with Crippen molar-refractivity contribution < 1.29 is 9.53 Å². The van der Waals surface area contributed by atoms with Gasteiger partial charge in [-0.2, -0.15) is 11.8 Å². The van der Waals surface area contributed by atoms with E-state index in [2.05, 4.69) is 15.8 Å². The second kappa shape index (κ2) is 6.50. The number of ether oxygens (including phenoxy) is 1. The summed E-state index contributed by atoms with van der Waals surface area (Å²) in [6, 6.07) is 1.52. The molecule has 0 aliphatic rings. The topological polar surface area (TPSA) is 65.2 Å². The first-order chi connectivity index (χ1) is 7.63. The van der Waals surface area contributed by atoms with E-state index in [0.717, 1.165) is 16.9 Å². The molecule has 4 nitrogen and oxygen atoms in total. The lowest BCUT2D eigenvalue weighted by Gasteiger charge is -2.08. The first-order valence-corrected chi connectivity index (χ1v) is 6.10. The molecule has 16 heavy (non-hydrogen) atoms. The van der Waals surface area contributed by atoms with Crippen molar-refractivity contribution in [3.05, 3.63) is 29.6 Å². The minimum absolute atomic E-state index is 0.366. The van der Waals surface area contributed by atoms with Crippen molar-refractivity contribution in [2.24, 2.45) is 5.73 Å². The van der Waals surface area contributed by atoms with E-state index in [1.807, 2.05) is 19.3 Å². The number of aromatic nitrogens is 1. The normalized spacial score (nSPS) is 12.2. The van der Waals surface area contributed by atoms with E-state index in [9.17, 15) is 4.79 Å². The molecule has 0 aliphatic carbocycles. The fourth-order valence-electron chi connectivity index (χ4n) is 1.22. The molecule has 1 rings (SSSR count). The average molecular weight is 240 g/mol. The Morgan fingerprint density at radius 3 is 3.00 bits per heavy atom. The highest BCUT2D eigenvalue weighted by molar-refractivity contribution is 7.98. The van der Waals surface area contributed by atoms with Crippen LogP contribution in [0.5, 0.6) is 0 Å². The molecule has 0 amide bonds. The molecular weight excluding hydrogens is 224 g/mol. The predicted molar refractivity (Wildman–Crippen MR) is 65.1 cm³/mol. The van der Waals surface area contributed by atoms with Crippen molar-refractivity contribution in [3.63, 3.8) is 0 Å². The summed E-state index contributed by atoms with van der Waals surface area (Å²) in [5, 5.41) is 0. The lowest BCUT2D eigenvalue weighted by Crippen LogP contribution is -2.33. The molecule has 0 spiro atoms. The maximum Gasteiger partial charge on any atom is 0.323 e. The highest BCUT2D eigenvalue weighted by Crippen LogP contribution is 2.13. The van der Waals surface area contributed by atoms with Crippen molar-refractivity contribution >= 4 is 17.7 Å². The fraction of sp³-hybridized carbons (Fsp3) is 0.455. The van der Waals surface area contributed by atoms with Crippen molar-refractivity contribution in [1.82, 2.24) is 4.98 Å². The van der Waals surface area contributed by atoms with Crippen molar-refractivity contribution in [3.8, 4) is 0 Å². The minimum atomic E-state index is -0.548. The van der Waals surface area contributed by atoms with Gasteiger partial charge in [0.15, 0.2) is 0 Å². The molecule has 2 N–H and O–H groups in total.